The Bertz CT molecular complexity index is 484. The van der Waals surface area contributed by atoms with Gasteiger partial charge in [-0.15, -0.1) is 0 Å². The van der Waals surface area contributed by atoms with Gasteiger partial charge in [0.1, 0.15) is 0 Å². The summed E-state index contributed by atoms with van der Waals surface area (Å²) in [6.45, 7) is 1.66. The molecule has 0 unspecified atom stereocenters. The van der Waals surface area contributed by atoms with Crippen LogP contribution in [0, 0.1) is 6.92 Å². The number of H-pyrrole nitrogens is 1. The van der Waals surface area contributed by atoms with Gasteiger partial charge in [-0.05, 0) is 0 Å². The number of anilines is 1. The topological polar surface area (TPSA) is 97.8 Å². The maximum atomic E-state index is 10.8. The molecule has 0 bridgehead atoms. The van der Waals surface area contributed by atoms with Crippen LogP contribution in [-0.2, 0) is 0 Å². The summed E-state index contributed by atoms with van der Waals surface area (Å²) in [4.78, 5) is 20.5. The number of hydrogen-bond donors (Lipinski definition) is 2. The molecule has 0 saturated heterocycles. The molecule has 2 heterocycles. The molecular formula is C6H6N4O2. The van der Waals surface area contributed by atoms with Crippen molar-refractivity contribution in [2.75, 3.05) is 5.73 Å². The first-order chi connectivity index (χ1) is 5.66. The summed E-state index contributed by atoms with van der Waals surface area (Å²) in [5.74, 6) is 0.533. The lowest BCUT2D eigenvalue weighted by Crippen LogP contribution is -2.11. The van der Waals surface area contributed by atoms with Crippen LogP contribution in [0.15, 0.2) is 9.21 Å². The van der Waals surface area contributed by atoms with Crippen LogP contribution in [0.5, 0.6) is 0 Å². The first-order valence-corrected chi connectivity index (χ1v) is 3.30. The Hall–Kier alpha value is -1.85. The van der Waals surface area contributed by atoms with E-state index in [0.717, 1.165) is 0 Å². The molecule has 0 fully saturated rings. The fourth-order valence-corrected chi connectivity index (χ4v) is 0.973. The molecule has 3 N–H and O–H groups in total. The molecule has 0 aromatic carbocycles. The molecule has 2 aromatic heterocycles. The summed E-state index contributed by atoms with van der Waals surface area (Å²) in [6.07, 6.45) is 0. The molecule has 0 aliphatic rings. The minimum atomic E-state index is -0.531. The molecule has 0 amide bonds. The van der Waals surface area contributed by atoms with Gasteiger partial charge in [0.05, 0.1) is 0 Å². The van der Waals surface area contributed by atoms with Crippen molar-refractivity contribution in [2.45, 2.75) is 6.92 Å². The van der Waals surface area contributed by atoms with Gasteiger partial charge in [-0.1, -0.05) is 0 Å². The van der Waals surface area contributed by atoms with E-state index in [1.54, 1.807) is 6.92 Å². The molecule has 0 saturated carbocycles. The number of oxazole rings is 1. The van der Waals surface area contributed by atoms with Crippen molar-refractivity contribution in [3.05, 3.63) is 16.4 Å². The maximum Gasteiger partial charge on any atom is 0.349 e. The fourth-order valence-electron chi connectivity index (χ4n) is 0.973. The first kappa shape index (κ1) is 6.84. The molecule has 62 valence electrons. The summed E-state index contributed by atoms with van der Waals surface area (Å²) in [6, 6.07) is 0. The SMILES string of the molecule is Cc1nc2c(N)nc(=O)[nH]c2o1. The zero-order valence-corrected chi connectivity index (χ0v) is 6.29. The van der Waals surface area contributed by atoms with Crippen molar-refractivity contribution in [3.8, 4) is 0 Å². The lowest BCUT2D eigenvalue weighted by atomic mass is 10.5. The van der Waals surface area contributed by atoms with Crippen LogP contribution in [0.2, 0.25) is 0 Å². The van der Waals surface area contributed by atoms with E-state index in [4.69, 9.17) is 10.2 Å². The van der Waals surface area contributed by atoms with Crippen molar-refractivity contribution in [1.82, 2.24) is 15.0 Å². The molecule has 12 heavy (non-hydrogen) atoms. The standard InChI is InChI=1S/C6H6N4O2/c1-2-8-3-4(7)9-6(11)10-5(3)12-2/h1H3,(H3,7,9,10,11). The van der Waals surface area contributed by atoms with Crippen LogP contribution in [0.3, 0.4) is 0 Å². The van der Waals surface area contributed by atoms with E-state index < -0.39 is 5.69 Å². The number of nitrogens with two attached hydrogens (primary N) is 1. The molecule has 0 aliphatic heterocycles. The van der Waals surface area contributed by atoms with Crippen LogP contribution >= 0.6 is 0 Å². The minimum absolute atomic E-state index is 0.0885. The Balaban J connectivity index is 2.97. The number of nitrogen functional groups attached to an aromatic ring is 1. The Morgan fingerprint density at radius 2 is 2.25 bits per heavy atom. The molecule has 0 spiro atoms. The van der Waals surface area contributed by atoms with Crippen LogP contribution < -0.4 is 11.4 Å². The summed E-state index contributed by atoms with van der Waals surface area (Å²) in [5, 5.41) is 0. The van der Waals surface area contributed by atoms with E-state index in [-0.39, 0.29) is 11.5 Å². The molecule has 2 rings (SSSR count). The highest BCUT2D eigenvalue weighted by molar-refractivity contribution is 5.79. The molecular weight excluding hydrogens is 160 g/mol. The van der Waals surface area contributed by atoms with Gasteiger partial charge >= 0.3 is 5.69 Å². The van der Waals surface area contributed by atoms with Crippen LogP contribution in [0.4, 0.5) is 5.82 Å². The van der Waals surface area contributed by atoms with Gasteiger partial charge in [0.15, 0.2) is 17.2 Å². The lowest BCUT2D eigenvalue weighted by Gasteiger charge is -1.88. The second kappa shape index (κ2) is 2.07. The van der Waals surface area contributed by atoms with Gasteiger partial charge in [-0.25, -0.2) is 9.78 Å². The van der Waals surface area contributed by atoms with Gasteiger partial charge in [-0.3, -0.25) is 4.98 Å². The third-order valence-electron chi connectivity index (χ3n) is 1.42. The summed E-state index contributed by atoms with van der Waals surface area (Å²) in [7, 11) is 0. The smallest absolute Gasteiger partial charge is 0.349 e. The molecule has 0 radical (unpaired) electrons. The molecule has 6 heteroatoms. The summed E-state index contributed by atoms with van der Waals surface area (Å²) < 4.78 is 5.04. The van der Waals surface area contributed by atoms with Crippen molar-refractivity contribution >= 4 is 17.0 Å². The Morgan fingerprint density at radius 1 is 1.50 bits per heavy atom. The van der Waals surface area contributed by atoms with Crippen molar-refractivity contribution in [2.24, 2.45) is 0 Å². The third kappa shape index (κ3) is 0.849. The second-order valence-corrected chi connectivity index (χ2v) is 2.34. The van der Waals surface area contributed by atoms with E-state index in [9.17, 15) is 4.79 Å². The quantitative estimate of drug-likeness (QED) is 0.564. The second-order valence-electron chi connectivity index (χ2n) is 2.34. The number of hydrogen-bond acceptors (Lipinski definition) is 5. The Labute approximate surface area is 66.4 Å². The third-order valence-corrected chi connectivity index (χ3v) is 1.42. The zero-order chi connectivity index (χ0) is 8.72. The highest BCUT2D eigenvalue weighted by Gasteiger charge is 2.07. The van der Waals surface area contributed by atoms with Crippen molar-refractivity contribution in [1.29, 1.82) is 0 Å². The highest BCUT2D eigenvalue weighted by Crippen LogP contribution is 2.14. The average Bonchev–Trinajstić information content (AvgIpc) is 2.29. The monoisotopic (exact) mass is 166 g/mol. The maximum absolute atomic E-state index is 10.8. The Morgan fingerprint density at radius 3 is 3.00 bits per heavy atom. The molecule has 2 aromatic rings. The van der Waals surface area contributed by atoms with E-state index in [2.05, 4.69) is 15.0 Å². The van der Waals surface area contributed by atoms with Crippen LogP contribution in [0.1, 0.15) is 5.89 Å². The van der Waals surface area contributed by atoms with E-state index >= 15 is 0 Å². The number of nitrogens with one attached hydrogen (secondary N) is 1. The average molecular weight is 166 g/mol. The van der Waals surface area contributed by atoms with Crippen molar-refractivity contribution < 1.29 is 4.42 Å². The van der Waals surface area contributed by atoms with E-state index in [0.29, 0.717) is 11.4 Å². The summed E-state index contributed by atoms with van der Waals surface area (Å²) >= 11 is 0. The van der Waals surface area contributed by atoms with Crippen LogP contribution in [0.25, 0.3) is 11.2 Å². The fraction of sp³-hybridized carbons (Fsp3) is 0.167. The number of aromatic amines is 1. The van der Waals surface area contributed by atoms with Gasteiger partial charge in [0.25, 0.3) is 0 Å². The van der Waals surface area contributed by atoms with Crippen LogP contribution in [-0.4, -0.2) is 15.0 Å². The number of nitrogens with zero attached hydrogens (tertiary/aromatic N) is 2. The normalized spacial score (nSPS) is 10.8. The number of rotatable bonds is 0. The number of fused-ring (bicyclic) bond motifs is 1. The number of aromatic nitrogens is 3. The summed E-state index contributed by atoms with van der Waals surface area (Å²) in [5.41, 5.74) is 5.55. The Kier molecular flexibility index (Phi) is 1.18. The van der Waals surface area contributed by atoms with E-state index in [1.807, 2.05) is 0 Å². The predicted octanol–water partition coefficient (Wildman–Crippen LogP) is -0.198. The van der Waals surface area contributed by atoms with E-state index in [1.165, 1.54) is 0 Å². The van der Waals surface area contributed by atoms with Gasteiger partial charge in [-0.2, -0.15) is 4.98 Å². The largest absolute Gasteiger partial charge is 0.424 e. The molecule has 6 nitrogen and oxygen atoms in total. The zero-order valence-electron chi connectivity index (χ0n) is 6.29. The van der Waals surface area contributed by atoms with Gasteiger partial charge < -0.3 is 10.2 Å². The highest BCUT2D eigenvalue weighted by atomic mass is 16.4. The minimum Gasteiger partial charge on any atom is -0.424 e. The van der Waals surface area contributed by atoms with Crippen molar-refractivity contribution in [3.63, 3.8) is 0 Å². The lowest BCUT2D eigenvalue weighted by molar-refractivity contribution is 0.550. The molecule has 0 aliphatic carbocycles. The van der Waals surface area contributed by atoms with Gasteiger partial charge in [0.2, 0.25) is 5.71 Å². The number of aryl methyl sites for hydroxylation is 1. The predicted molar refractivity (Wildman–Crippen MR) is 41.6 cm³/mol. The van der Waals surface area contributed by atoms with Gasteiger partial charge in [0, 0.05) is 6.92 Å². The first-order valence-electron chi connectivity index (χ1n) is 3.30. The molecule has 0 atom stereocenters.